The zero-order chi connectivity index (χ0) is 17.4. The lowest BCUT2D eigenvalue weighted by molar-refractivity contribution is 0.0960. The minimum atomic E-state index is -0.0358. The lowest BCUT2D eigenvalue weighted by Gasteiger charge is -2.25. The van der Waals surface area contributed by atoms with Crippen LogP contribution in [0.1, 0.15) is 65.5 Å². The highest BCUT2D eigenvalue weighted by Crippen LogP contribution is 2.37. The normalized spacial score (nSPS) is 20.5. The molecule has 2 aliphatic carbocycles. The van der Waals surface area contributed by atoms with E-state index < -0.39 is 0 Å². The minimum absolute atomic E-state index is 0.0358. The number of aryl methyl sites for hydroxylation is 1. The monoisotopic (exact) mass is 338 g/mol. The molecule has 130 valence electrons. The Bertz CT molecular complexity index is 815. The van der Waals surface area contributed by atoms with E-state index in [1.807, 2.05) is 19.1 Å². The van der Waals surface area contributed by atoms with Gasteiger partial charge in [-0.2, -0.15) is 0 Å². The Balaban J connectivity index is 1.66. The van der Waals surface area contributed by atoms with Gasteiger partial charge in [0.25, 0.3) is 0 Å². The fraction of sp³-hybridized carbons (Fsp3) is 0.474. The Morgan fingerprint density at radius 2 is 2.00 bits per heavy atom. The van der Waals surface area contributed by atoms with Crippen LogP contribution < -0.4 is 10.5 Å². The second kappa shape index (κ2) is 6.43. The predicted octanol–water partition coefficient (Wildman–Crippen LogP) is 3.00. The van der Waals surface area contributed by atoms with Gasteiger partial charge < -0.3 is 10.5 Å². The maximum atomic E-state index is 12.7. The van der Waals surface area contributed by atoms with Crippen molar-refractivity contribution in [1.82, 2.24) is 15.0 Å². The minimum Gasteiger partial charge on any atom is -0.489 e. The molecular formula is C19H22N4O2. The molecule has 1 atom stereocenters. The molecule has 4 rings (SSSR count). The summed E-state index contributed by atoms with van der Waals surface area (Å²) in [6.45, 7) is 1.81. The number of aromatic nitrogens is 3. The second-order valence-electron chi connectivity index (χ2n) is 6.93. The van der Waals surface area contributed by atoms with Crippen molar-refractivity contribution in [3.8, 4) is 5.75 Å². The van der Waals surface area contributed by atoms with Crippen LogP contribution in [0.2, 0.25) is 0 Å². The number of ketones is 1. The van der Waals surface area contributed by atoms with Gasteiger partial charge in [-0.25, -0.2) is 9.97 Å². The highest BCUT2D eigenvalue weighted by Gasteiger charge is 2.32. The number of carbonyl (C=O) groups is 1. The van der Waals surface area contributed by atoms with Crippen molar-refractivity contribution >= 4 is 11.7 Å². The maximum Gasteiger partial charge on any atom is 0.220 e. The van der Waals surface area contributed by atoms with Crippen molar-refractivity contribution in [3.05, 3.63) is 41.0 Å². The van der Waals surface area contributed by atoms with E-state index in [0.29, 0.717) is 24.1 Å². The van der Waals surface area contributed by atoms with E-state index in [9.17, 15) is 4.79 Å². The largest absolute Gasteiger partial charge is 0.489 e. The molecule has 25 heavy (non-hydrogen) atoms. The predicted molar refractivity (Wildman–Crippen MR) is 93.7 cm³/mol. The molecule has 0 aliphatic heterocycles. The van der Waals surface area contributed by atoms with Crippen LogP contribution in [-0.4, -0.2) is 26.8 Å². The Morgan fingerprint density at radius 1 is 1.20 bits per heavy atom. The third-order valence-electron chi connectivity index (χ3n) is 5.11. The lowest BCUT2D eigenvalue weighted by atomic mass is 9.83. The van der Waals surface area contributed by atoms with Gasteiger partial charge in [0, 0.05) is 18.5 Å². The molecule has 0 radical (unpaired) electrons. The van der Waals surface area contributed by atoms with Crippen LogP contribution in [0.4, 0.5) is 5.95 Å². The Hall–Kier alpha value is -2.50. The number of nitrogen functional groups attached to an aromatic ring is 1. The van der Waals surface area contributed by atoms with Crippen LogP contribution in [0.15, 0.2) is 18.3 Å². The number of pyridine rings is 1. The van der Waals surface area contributed by atoms with Gasteiger partial charge in [0.2, 0.25) is 5.95 Å². The number of hydrogen-bond acceptors (Lipinski definition) is 6. The zero-order valence-electron chi connectivity index (χ0n) is 14.4. The fourth-order valence-electron chi connectivity index (χ4n) is 3.99. The van der Waals surface area contributed by atoms with Crippen LogP contribution >= 0.6 is 0 Å². The molecule has 1 fully saturated rings. The van der Waals surface area contributed by atoms with Crippen LogP contribution in [0, 0.1) is 6.92 Å². The summed E-state index contributed by atoms with van der Waals surface area (Å²) in [7, 11) is 0. The molecule has 0 amide bonds. The molecular weight excluding hydrogens is 316 g/mol. The molecule has 2 heterocycles. The molecule has 0 aromatic carbocycles. The van der Waals surface area contributed by atoms with Crippen molar-refractivity contribution in [2.24, 2.45) is 0 Å². The Kier molecular flexibility index (Phi) is 4.11. The summed E-state index contributed by atoms with van der Waals surface area (Å²) in [4.78, 5) is 25.7. The molecule has 1 unspecified atom stereocenters. The molecule has 2 N–H and O–H groups in total. The standard InChI is InChI=1S/C19H22N4O2/c1-11-17-14(23-19(20)22-11)9-12(10-15(17)24)18-16(7-4-8-21-18)25-13-5-2-3-6-13/h4,7-8,12-13H,2-3,5-6,9-10H2,1H3,(H2,20,22,23). The number of carbonyl (C=O) groups excluding carboxylic acids is 1. The fourth-order valence-corrected chi connectivity index (χ4v) is 3.99. The van der Waals surface area contributed by atoms with E-state index in [-0.39, 0.29) is 23.8 Å². The highest BCUT2D eigenvalue weighted by molar-refractivity contribution is 5.99. The van der Waals surface area contributed by atoms with Gasteiger partial charge in [0.1, 0.15) is 5.75 Å². The summed E-state index contributed by atoms with van der Waals surface area (Å²) in [5.74, 6) is 1.04. The first-order chi connectivity index (χ1) is 12.1. The topological polar surface area (TPSA) is 91.0 Å². The van der Waals surface area contributed by atoms with E-state index in [2.05, 4.69) is 15.0 Å². The number of Topliss-reactive ketones (excluding diaryl/α,β-unsaturated/α-hetero) is 1. The molecule has 6 heteroatoms. The zero-order valence-corrected chi connectivity index (χ0v) is 14.4. The van der Waals surface area contributed by atoms with Crippen LogP contribution in [0.5, 0.6) is 5.75 Å². The van der Waals surface area contributed by atoms with Crippen molar-refractivity contribution in [3.63, 3.8) is 0 Å². The van der Waals surface area contributed by atoms with E-state index in [4.69, 9.17) is 10.5 Å². The Labute approximate surface area is 146 Å². The van der Waals surface area contributed by atoms with Crippen LogP contribution in [-0.2, 0) is 6.42 Å². The van der Waals surface area contributed by atoms with Crippen LogP contribution in [0.3, 0.4) is 0 Å². The lowest BCUT2D eigenvalue weighted by Crippen LogP contribution is -2.24. The first-order valence-corrected chi connectivity index (χ1v) is 8.89. The third kappa shape index (κ3) is 3.08. The van der Waals surface area contributed by atoms with E-state index in [1.165, 1.54) is 12.8 Å². The number of rotatable bonds is 3. The van der Waals surface area contributed by atoms with Gasteiger partial charge >= 0.3 is 0 Å². The number of fused-ring (bicyclic) bond motifs is 1. The molecule has 0 saturated heterocycles. The summed E-state index contributed by atoms with van der Waals surface area (Å²) < 4.78 is 6.20. The second-order valence-corrected chi connectivity index (χ2v) is 6.93. The smallest absolute Gasteiger partial charge is 0.220 e. The first kappa shape index (κ1) is 16.0. The molecule has 2 aromatic heterocycles. The van der Waals surface area contributed by atoms with Gasteiger partial charge in [-0.3, -0.25) is 9.78 Å². The van der Waals surface area contributed by atoms with Crippen LogP contribution in [0.25, 0.3) is 0 Å². The molecule has 0 spiro atoms. The molecule has 0 bridgehead atoms. The maximum absolute atomic E-state index is 12.7. The van der Waals surface area contributed by atoms with Gasteiger partial charge in [0.15, 0.2) is 5.78 Å². The molecule has 1 saturated carbocycles. The average molecular weight is 338 g/mol. The summed E-state index contributed by atoms with van der Waals surface area (Å²) in [6.07, 6.45) is 7.65. The molecule has 2 aliphatic rings. The third-order valence-corrected chi connectivity index (χ3v) is 5.11. The molecule has 2 aromatic rings. The van der Waals surface area contributed by atoms with Crippen molar-refractivity contribution in [2.75, 3.05) is 5.73 Å². The van der Waals surface area contributed by atoms with E-state index in [1.54, 1.807) is 6.20 Å². The number of nitrogens with two attached hydrogens (primary N) is 1. The van der Waals surface area contributed by atoms with Crippen molar-refractivity contribution < 1.29 is 9.53 Å². The number of hydrogen-bond donors (Lipinski definition) is 1. The quantitative estimate of drug-likeness (QED) is 0.925. The number of nitrogens with zero attached hydrogens (tertiary/aromatic N) is 3. The van der Waals surface area contributed by atoms with Crippen molar-refractivity contribution in [2.45, 2.75) is 57.5 Å². The van der Waals surface area contributed by atoms with E-state index >= 15 is 0 Å². The summed E-state index contributed by atoms with van der Waals surface area (Å²) in [5.41, 5.74) is 8.64. The van der Waals surface area contributed by atoms with E-state index in [0.717, 1.165) is 30.0 Å². The highest BCUT2D eigenvalue weighted by atomic mass is 16.5. The van der Waals surface area contributed by atoms with Gasteiger partial charge in [-0.1, -0.05) is 0 Å². The summed E-state index contributed by atoms with van der Waals surface area (Å²) >= 11 is 0. The Morgan fingerprint density at radius 3 is 2.80 bits per heavy atom. The summed E-state index contributed by atoms with van der Waals surface area (Å²) in [5, 5.41) is 0. The van der Waals surface area contributed by atoms with Gasteiger partial charge in [-0.15, -0.1) is 0 Å². The number of ether oxygens (including phenoxy) is 1. The SMILES string of the molecule is Cc1nc(N)nc2c1C(=O)CC(c1ncccc1OC1CCCC1)C2. The summed E-state index contributed by atoms with van der Waals surface area (Å²) in [6, 6.07) is 3.84. The van der Waals surface area contributed by atoms with Gasteiger partial charge in [0.05, 0.1) is 28.7 Å². The molecule has 6 nitrogen and oxygen atoms in total. The average Bonchev–Trinajstić information content (AvgIpc) is 3.07. The van der Waals surface area contributed by atoms with Gasteiger partial charge in [-0.05, 0) is 51.2 Å². The number of anilines is 1. The first-order valence-electron chi connectivity index (χ1n) is 8.89. The van der Waals surface area contributed by atoms with Crippen molar-refractivity contribution in [1.29, 1.82) is 0 Å².